The average molecular weight is 449 g/mol. The second kappa shape index (κ2) is 9.03. The molecule has 6 nitrogen and oxygen atoms in total. The summed E-state index contributed by atoms with van der Waals surface area (Å²) in [4.78, 5) is 25.3. The first-order chi connectivity index (χ1) is 15.4. The lowest BCUT2D eigenvalue weighted by Gasteiger charge is -2.09. The highest BCUT2D eigenvalue weighted by atomic mass is 35.5. The third-order valence-electron chi connectivity index (χ3n) is 4.77. The van der Waals surface area contributed by atoms with Crippen molar-refractivity contribution in [3.8, 4) is 5.69 Å². The molecule has 4 aromatic rings. The molecule has 0 fully saturated rings. The zero-order chi connectivity index (χ0) is 22.7. The number of aromatic nitrogens is 2. The molecule has 0 spiro atoms. The molecule has 0 bridgehead atoms. The molecular weight excluding hydrogens is 431 g/mol. The summed E-state index contributed by atoms with van der Waals surface area (Å²) in [5, 5.41) is 10.3. The molecule has 0 atom stereocenters. The summed E-state index contributed by atoms with van der Waals surface area (Å²) in [5.41, 5.74) is 2.87. The third-order valence-corrected chi connectivity index (χ3v) is 5.01. The molecule has 0 aliphatic carbocycles. The Balaban J connectivity index is 1.50. The average Bonchev–Trinajstić information content (AvgIpc) is 3.15. The standard InChI is InChI=1S/C24H18ClFN4O2/c1-15-22(14-27-30(15)21-10-3-6-17(25)12-21)24(32)29-19-8-2-5-16(11-19)23(31)28-20-9-4-7-18(26)13-20/h2-14H,1H3,(H,28,31)(H,29,32). The number of carbonyl (C=O) groups is 2. The molecule has 0 aliphatic heterocycles. The van der Waals surface area contributed by atoms with Crippen LogP contribution in [0.1, 0.15) is 26.4 Å². The number of nitrogens with zero attached hydrogens (tertiary/aromatic N) is 2. The normalized spacial score (nSPS) is 10.6. The first-order valence-electron chi connectivity index (χ1n) is 9.69. The van der Waals surface area contributed by atoms with E-state index in [0.29, 0.717) is 33.2 Å². The van der Waals surface area contributed by atoms with Crippen molar-refractivity contribution < 1.29 is 14.0 Å². The number of rotatable bonds is 5. The minimum absolute atomic E-state index is 0.318. The maximum atomic E-state index is 13.3. The van der Waals surface area contributed by atoms with Gasteiger partial charge in [0, 0.05) is 22.0 Å². The molecule has 2 N–H and O–H groups in total. The Morgan fingerprint density at radius 3 is 2.34 bits per heavy atom. The summed E-state index contributed by atoms with van der Waals surface area (Å²) in [6.07, 6.45) is 1.48. The highest BCUT2D eigenvalue weighted by Crippen LogP contribution is 2.20. The smallest absolute Gasteiger partial charge is 0.259 e. The van der Waals surface area contributed by atoms with Gasteiger partial charge in [-0.3, -0.25) is 9.59 Å². The second-order valence-electron chi connectivity index (χ2n) is 7.03. The number of anilines is 2. The molecule has 1 aromatic heterocycles. The van der Waals surface area contributed by atoms with Gasteiger partial charge in [0.15, 0.2) is 0 Å². The first-order valence-corrected chi connectivity index (χ1v) is 10.1. The van der Waals surface area contributed by atoms with Gasteiger partial charge in [0.2, 0.25) is 0 Å². The van der Waals surface area contributed by atoms with Crippen LogP contribution in [0.5, 0.6) is 0 Å². The topological polar surface area (TPSA) is 76.0 Å². The number of hydrogen-bond donors (Lipinski definition) is 2. The van der Waals surface area contributed by atoms with E-state index in [1.165, 1.54) is 24.4 Å². The van der Waals surface area contributed by atoms with E-state index in [0.717, 1.165) is 5.69 Å². The van der Waals surface area contributed by atoms with E-state index in [4.69, 9.17) is 11.6 Å². The van der Waals surface area contributed by atoms with Crippen LogP contribution in [0.4, 0.5) is 15.8 Å². The highest BCUT2D eigenvalue weighted by Gasteiger charge is 2.16. The van der Waals surface area contributed by atoms with E-state index in [2.05, 4.69) is 15.7 Å². The van der Waals surface area contributed by atoms with Crippen molar-refractivity contribution in [1.82, 2.24) is 9.78 Å². The summed E-state index contributed by atoms with van der Waals surface area (Å²) >= 11 is 6.05. The van der Waals surface area contributed by atoms with Gasteiger partial charge in [0.1, 0.15) is 5.82 Å². The van der Waals surface area contributed by atoms with Gasteiger partial charge in [-0.25, -0.2) is 9.07 Å². The minimum atomic E-state index is -0.447. The summed E-state index contributed by atoms with van der Waals surface area (Å²) in [7, 11) is 0. The number of halogens is 2. The highest BCUT2D eigenvalue weighted by molar-refractivity contribution is 6.30. The Morgan fingerprint density at radius 1 is 0.906 bits per heavy atom. The number of amides is 2. The third kappa shape index (κ3) is 4.68. The zero-order valence-electron chi connectivity index (χ0n) is 17.0. The Hall–Kier alpha value is -3.97. The van der Waals surface area contributed by atoms with Crippen molar-refractivity contribution in [3.05, 3.63) is 107 Å². The Labute approximate surface area is 188 Å². The molecule has 0 radical (unpaired) electrons. The van der Waals surface area contributed by atoms with Crippen molar-refractivity contribution in [2.75, 3.05) is 10.6 Å². The second-order valence-corrected chi connectivity index (χ2v) is 7.47. The van der Waals surface area contributed by atoms with Gasteiger partial charge in [-0.1, -0.05) is 29.8 Å². The van der Waals surface area contributed by atoms with Crippen LogP contribution >= 0.6 is 11.6 Å². The maximum Gasteiger partial charge on any atom is 0.259 e. The summed E-state index contributed by atoms with van der Waals surface area (Å²) in [6.45, 7) is 1.78. The lowest BCUT2D eigenvalue weighted by atomic mass is 10.1. The van der Waals surface area contributed by atoms with Gasteiger partial charge in [0.05, 0.1) is 23.1 Å². The Morgan fingerprint density at radius 2 is 1.59 bits per heavy atom. The van der Waals surface area contributed by atoms with Gasteiger partial charge < -0.3 is 10.6 Å². The van der Waals surface area contributed by atoms with Crippen LogP contribution in [0.25, 0.3) is 5.69 Å². The summed E-state index contributed by atoms with van der Waals surface area (Å²) in [5.74, 6) is -1.23. The quantitative estimate of drug-likeness (QED) is 0.424. The van der Waals surface area contributed by atoms with Gasteiger partial charge >= 0.3 is 0 Å². The predicted octanol–water partition coefficient (Wildman–Crippen LogP) is 5.48. The van der Waals surface area contributed by atoms with Gasteiger partial charge in [-0.2, -0.15) is 5.10 Å². The van der Waals surface area contributed by atoms with E-state index in [1.807, 2.05) is 6.07 Å². The van der Waals surface area contributed by atoms with Crippen LogP contribution in [0, 0.1) is 12.7 Å². The first kappa shape index (κ1) is 21.3. The molecule has 3 aromatic carbocycles. The molecule has 1 heterocycles. The van der Waals surface area contributed by atoms with Crippen molar-refractivity contribution in [2.45, 2.75) is 6.92 Å². The predicted molar refractivity (Wildman–Crippen MR) is 122 cm³/mol. The molecule has 8 heteroatoms. The van der Waals surface area contributed by atoms with Crippen molar-refractivity contribution in [1.29, 1.82) is 0 Å². The van der Waals surface area contributed by atoms with E-state index in [9.17, 15) is 14.0 Å². The fraction of sp³-hybridized carbons (Fsp3) is 0.0417. The van der Waals surface area contributed by atoms with Crippen LogP contribution in [0.3, 0.4) is 0 Å². The van der Waals surface area contributed by atoms with E-state index in [-0.39, 0.29) is 5.91 Å². The molecule has 4 rings (SSSR count). The van der Waals surface area contributed by atoms with Crippen molar-refractivity contribution in [3.63, 3.8) is 0 Å². The Kier molecular flexibility index (Phi) is 6.00. The molecular formula is C24H18ClFN4O2. The fourth-order valence-electron chi connectivity index (χ4n) is 3.21. The van der Waals surface area contributed by atoms with Gasteiger partial charge in [-0.05, 0) is 61.5 Å². The number of carbonyl (C=O) groups excluding carboxylic acids is 2. The summed E-state index contributed by atoms with van der Waals surface area (Å²) < 4.78 is 15.0. The zero-order valence-corrected chi connectivity index (χ0v) is 17.7. The lowest BCUT2D eigenvalue weighted by Crippen LogP contribution is -2.15. The van der Waals surface area contributed by atoms with Crippen molar-refractivity contribution in [2.24, 2.45) is 0 Å². The molecule has 0 unspecified atom stereocenters. The van der Waals surface area contributed by atoms with Crippen LogP contribution in [0.15, 0.2) is 79.0 Å². The molecule has 0 saturated heterocycles. The van der Waals surface area contributed by atoms with E-state index in [1.54, 1.807) is 60.1 Å². The SMILES string of the molecule is Cc1c(C(=O)Nc2cccc(C(=O)Nc3cccc(F)c3)c2)cnn1-c1cccc(Cl)c1. The largest absolute Gasteiger partial charge is 0.322 e. The van der Waals surface area contributed by atoms with Crippen LogP contribution in [-0.4, -0.2) is 21.6 Å². The van der Waals surface area contributed by atoms with Crippen LogP contribution < -0.4 is 10.6 Å². The summed E-state index contributed by atoms with van der Waals surface area (Å²) in [6, 6.07) is 19.3. The molecule has 32 heavy (non-hydrogen) atoms. The fourth-order valence-corrected chi connectivity index (χ4v) is 3.39. The maximum absolute atomic E-state index is 13.3. The number of hydrogen-bond acceptors (Lipinski definition) is 3. The molecule has 0 saturated carbocycles. The monoisotopic (exact) mass is 448 g/mol. The van der Waals surface area contributed by atoms with Crippen LogP contribution in [-0.2, 0) is 0 Å². The van der Waals surface area contributed by atoms with Gasteiger partial charge in [-0.15, -0.1) is 0 Å². The Bertz CT molecular complexity index is 1320. The van der Waals surface area contributed by atoms with Gasteiger partial charge in [0.25, 0.3) is 11.8 Å². The van der Waals surface area contributed by atoms with Crippen molar-refractivity contribution >= 4 is 34.8 Å². The number of benzene rings is 3. The minimum Gasteiger partial charge on any atom is -0.322 e. The molecule has 160 valence electrons. The van der Waals surface area contributed by atoms with E-state index >= 15 is 0 Å². The molecule has 0 aliphatic rings. The molecule has 2 amide bonds. The number of nitrogens with one attached hydrogen (secondary N) is 2. The van der Waals surface area contributed by atoms with E-state index < -0.39 is 11.7 Å². The lowest BCUT2D eigenvalue weighted by molar-refractivity contribution is 0.101. The van der Waals surface area contributed by atoms with Crippen LogP contribution in [0.2, 0.25) is 5.02 Å².